The van der Waals surface area contributed by atoms with Gasteiger partial charge in [0.2, 0.25) is 5.75 Å². The van der Waals surface area contributed by atoms with E-state index in [-0.39, 0.29) is 12.1 Å². The Morgan fingerprint density at radius 3 is 2.55 bits per heavy atom. The molecule has 9 heteroatoms. The fourth-order valence-corrected chi connectivity index (χ4v) is 2.08. The van der Waals surface area contributed by atoms with Crippen LogP contribution in [0.5, 0.6) is 5.75 Å². The van der Waals surface area contributed by atoms with Crippen LogP contribution < -0.4 is 5.56 Å². The maximum atomic E-state index is 12.7. The minimum absolute atomic E-state index is 0.0546. The van der Waals surface area contributed by atoms with Crippen LogP contribution in [0.3, 0.4) is 0 Å². The molecule has 0 aliphatic heterocycles. The molecule has 1 N–H and O–H groups in total. The van der Waals surface area contributed by atoms with Crippen molar-refractivity contribution in [2.45, 2.75) is 12.7 Å². The Morgan fingerprint density at radius 2 is 2.05 bits per heavy atom. The first-order chi connectivity index (χ1) is 10.2. The molecule has 0 aliphatic carbocycles. The van der Waals surface area contributed by atoms with Gasteiger partial charge in [0.15, 0.2) is 0 Å². The van der Waals surface area contributed by atoms with Crippen LogP contribution in [0.25, 0.3) is 10.9 Å². The number of pyridine rings is 1. The molecule has 0 atom stereocenters. The Balaban J connectivity index is 2.98. The number of hydrogen-bond donors (Lipinski definition) is 1. The van der Waals surface area contributed by atoms with E-state index in [1.54, 1.807) is 0 Å². The minimum Gasteiger partial charge on any atom is -0.501 e. The summed E-state index contributed by atoms with van der Waals surface area (Å²) >= 11 is 0. The number of alkyl halides is 3. The molecule has 1 aromatic carbocycles. The number of fused-ring (bicyclic) bond motifs is 1. The van der Waals surface area contributed by atoms with Crippen LogP contribution >= 0.6 is 0 Å². The molecule has 0 bridgehead atoms. The van der Waals surface area contributed by atoms with E-state index in [4.69, 9.17) is 0 Å². The van der Waals surface area contributed by atoms with Gasteiger partial charge >= 0.3 is 17.4 Å². The van der Waals surface area contributed by atoms with Crippen molar-refractivity contribution >= 4 is 16.6 Å². The Hall–Kier alpha value is -2.84. The lowest BCUT2D eigenvalue weighted by molar-refractivity contribution is -0.387. The number of nitro groups is 1. The van der Waals surface area contributed by atoms with Crippen LogP contribution in [0, 0.1) is 10.1 Å². The van der Waals surface area contributed by atoms with Crippen molar-refractivity contribution in [3.8, 4) is 5.75 Å². The monoisotopic (exact) mass is 314 g/mol. The van der Waals surface area contributed by atoms with E-state index in [1.807, 2.05) is 0 Å². The molecule has 0 fully saturated rings. The lowest BCUT2D eigenvalue weighted by Gasteiger charge is -2.12. The molecule has 22 heavy (non-hydrogen) atoms. The number of allylic oxidation sites excluding steroid dienone is 1. The fourth-order valence-electron chi connectivity index (χ4n) is 2.08. The summed E-state index contributed by atoms with van der Waals surface area (Å²) < 4.78 is 39.1. The van der Waals surface area contributed by atoms with Crippen molar-refractivity contribution in [2.75, 3.05) is 0 Å². The van der Waals surface area contributed by atoms with Crippen molar-refractivity contribution in [3.63, 3.8) is 0 Å². The van der Waals surface area contributed by atoms with Gasteiger partial charge in [0.25, 0.3) is 0 Å². The van der Waals surface area contributed by atoms with E-state index in [0.29, 0.717) is 6.07 Å². The summed E-state index contributed by atoms with van der Waals surface area (Å²) in [5.41, 5.74) is -3.43. The van der Waals surface area contributed by atoms with E-state index >= 15 is 0 Å². The van der Waals surface area contributed by atoms with E-state index in [2.05, 4.69) is 6.58 Å². The molecule has 0 saturated carbocycles. The van der Waals surface area contributed by atoms with Gasteiger partial charge in [-0.25, -0.2) is 0 Å². The lowest BCUT2D eigenvalue weighted by Crippen LogP contribution is -2.23. The topological polar surface area (TPSA) is 85.4 Å². The molecule has 0 unspecified atom stereocenters. The summed E-state index contributed by atoms with van der Waals surface area (Å²) in [6, 6.07) is 2.27. The molecule has 0 aliphatic rings. The second-order valence-electron chi connectivity index (χ2n) is 4.39. The third kappa shape index (κ3) is 2.41. The van der Waals surface area contributed by atoms with Gasteiger partial charge in [0, 0.05) is 11.9 Å². The molecule has 1 aromatic heterocycles. The van der Waals surface area contributed by atoms with Crippen molar-refractivity contribution in [1.29, 1.82) is 0 Å². The SMILES string of the molecule is C=CCn1c(=O)c([N+](=O)[O-])c(O)c2cc(C(F)(F)F)ccc21. The molecule has 0 radical (unpaired) electrons. The molecule has 116 valence electrons. The van der Waals surface area contributed by atoms with Gasteiger partial charge in [-0.3, -0.25) is 19.5 Å². The van der Waals surface area contributed by atoms with E-state index < -0.39 is 39.0 Å². The normalized spacial score (nSPS) is 11.6. The first kappa shape index (κ1) is 15.5. The number of benzene rings is 1. The van der Waals surface area contributed by atoms with Crippen molar-refractivity contribution in [1.82, 2.24) is 4.57 Å². The Morgan fingerprint density at radius 1 is 1.41 bits per heavy atom. The van der Waals surface area contributed by atoms with E-state index in [0.717, 1.165) is 16.7 Å². The van der Waals surface area contributed by atoms with Crippen LogP contribution in [0.1, 0.15) is 5.56 Å². The molecule has 0 saturated heterocycles. The van der Waals surface area contributed by atoms with Gasteiger partial charge in [0.05, 0.1) is 16.0 Å². The van der Waals surface area contributed by atoms with Crippen molar-refractivity contribution in [2.24, 2.45) is 0 Å². The second kappa shape index (κ2) is 5.17. The molecule has 0 amide bonds. The number of rotatable bonds is 3. The van der Waals surface area contributed by atoms with Crippen LogP contribution in [0.4, 0.5) is 18.9 Å². The maximum absolute atomic E-state index is 12.7. The molecular weight excluding hydrogens is 305 g/mol. The van der Waals surface area contributed by atoms with Gasteiger partial charge in [0.1, 0.15) is 0 Å². The largest absolute Gasteiger partial charge is 0.501 e. The quantitative estimate of drug-likeness (QED) is 0.536. The number of hydrogen-bond acceptors (Lipinski definition) is 4. The first-order valence-corrected chi connectivity index (χ1v) is 5.90. The fraction of sp³-hybridized carbons (Fsp3) is 0.154. The molecular formula is C13H9F3N2O4. The van der Waals surface area contributed by atoms with Crippen LogP contribution in [-0.4, -0.2) is 14.6 Å². The smallest absolute Gasteiger partial charge is 0.416 e. The summed E-state index contributed by atoms with van der Waals surface area (Å²) in [6.45, 7) is 3.23. The standard InChI is InChI=1S/C13H9F3N2O4/c1-2-5-17-9-4-3-7(13(14,15)16)6-8(9)11(19)10(12(17)20)18(21)22/h2-4,6,19H,1,5H2. The number of aromatic nitrogens is 1. The van der Waals surface area contributed by atoms with Crippen molar-refractivity contribution in [3.05, 3.63) is 56.9 Å². The van der Waals surface area contributed by atoms with Gasteiger partial charge in [-0.1, -0.05) is 6.08 Å². The first-order valence-electron chi connectivity index (χ1n) is 5.90. The average Bonchev–Trinajstić information content (AvgIpc) is 2.41. The average molecular weight is 314 g/mol. The predicted molar refractivity (Wildman–Crippen MR) is 71.7 cm³/mol. The van der Waals surface area contributed by atoms with Crippen molar-refractivity contribution < 1.29 is 23.2 Å². The summed E-state index contributed by atoms with van der Waals surface area (Å²) in [6.07, 6.45) is -3.42. The highest BCUT2D eigenvalue weighted by Gasteiger charge is 2.32. The summed E-state index contributed by atoms with van der Waals surface area (Å²) in [5.74, 6) is -1.09. The van der Waals surface area contributed by atoms with Crippen LogP contribution in [-0.2, 0) is 12.7 Å². The van der Waals surface area contributed by atoms with E-state index in [1.165, 1.54) is 6.08 Å². The molecule has 2 rings (SSSR count). The molecule has 2 aromatic rings. The molecule has 1 heterocycles. The summed E-state index contributed by atoms with van der Waals surface area (Å²) in [7, 11) is 0. The van der Waals surface area contributed by atoms with Crippen LogP contribution in [0.2, 0.25) is 0 Å². The molecule has 6 nitrogen and oxygen atoms in total. The van der Waals surface area contributed by atoms with Gasteiger partial charge in [-0.2, -0.15) is 13.2 Å². The highest BCUT2D eigenvalue weighted by atomic mass is 19.4. The van der Waals surface area contributed by atoms with Gasteiger partial charge in [-0.05, 0) is 18.2 Å². The number of halogens is 3. The van der Waals surface area contributed by atoms with Gasteiger partial charge < -0.3 is 5.11 Å². The highest BCUT2D eigenvalue weighted by molar-refractivity contribution is 5.89. The third-order valence-electron chi connectivity index (χ3n) is 3.04. The maximum Gasteiger partial charge on any atom is 0.416 e. The molecule has 0 spiro atoms. The third-order valence-corrected chi connectivity index (χ3v) is 3.04. The zero-order valence-electron chi connectivity index (χ0n) is 10.9. The number of aromatic hydroxyl groups is 1. The minimum atomic E-state index is -4.69. The zero-order valence-corrected chi connectivity index (χ0v) is 10.9. The Bertz CT molecular complexity index is 840. The van der Waals surface area contributed by atoms with Gasteiger partial charge in [-0.15, -0.1) is 6.58 Å². The predicted octanol–water partition coefficient (Wildman–Crippen LogP) is 2.82. The Labute approximate surface area is 120 Å². The number of nitrogens with zero attached hydrogens (tertiary/aromatic N) is 2. The van der Waals surface area contributed by atoms with Crippen LogP contribution in [0.15, 0.2) is 35.6 Å². The lowest BCUT2D eigenvalue weighted by atomic mass is 10.1. The van der Waals surface area contributed by atoms with E-state index in [9.17, 15) is 33.2 Å². The summed E-state index contributed by atoms with van der Waals surface area (Å²) in [5, 5.41) is 20.3. The second-order valence-corrected chi connectivity index (χ2v) is 4.39. The highest BCUT2D eigenvalue weighted by Crippen LogP contribution is 2.36. The zero-order chi connectivity index (χ0) is 16.7. The summed E-state index contributed by atoms with van der Waals surface area (Å²) in [4.78, 5) is 21.8. The Kier molecular flexibility index (Phi) is 3.65.